The Morgan fingerprint density at radius 2 is 1.71 bits per heavy atom. The number of benzene rings is 1. The monoisotopic (exact) mass is 395 g/mol. The molecule has 2 unspecified atom stereocenters. The van der Waals surface area contributed by atoms with Gasteiger partial charge >= 0.3 is 0 Å². The summed E-state index contributed by atoms with van der Waals surface area (Å²) in [6, 6.07) is 4.07. The number of ether oxygens (including phenoxy) is 2. The Balaban J connectivity index is 1.70. The normalized spacial score (nSPS) is 32.5. The van der Waals surface area contributed by atoms with Gasteiger partial charge in [0.05, 0.1) is 18.7 Å². The van der Waals surface area contributed by atoms with Crippen LogP contribution in [-0.2, 0) is 6.54 Å². The van der Waals surface area contributed by atoms with Crippen molar-refractivity contribution in [1.82, 2.24) is 5.32 Å². The Labute approximate surface area is 154 Å². The first-order valence-corrected chi connectivity index (χ1v) is 9.87. The third-order valence-electron chi connectivity index (χ3n) is 5.88. The summed E-state index contributed by atoms with van der Waals surface area (Å²) in [5.41, 5.74) is 1.42. The molecule has 2 fully saturated rings. The fraction of sp³-hybridized carbons (Fsp3) is 0.700. The van der Waals surface area contributed by atoms with E-state index in [9.17, 15) is 0 Å². The van der Waals surface area contributed by atoms with E-state index < -0.39 is 0 Å². The topological polar surface area (TPSA) is 30.5 Å². The van der Waals surface area contributed by atoms with Crippen LogP contribution in [0, 0.1) is 17.8 Å². The predicted octanol–water partition coefficient (Wildman–Crippen LogP) is 5.16. The maximum absolute atomic E-state index is 5.56. The lowest BCUT2D eigenvalue weighted by Gasteiger charge is -2.47. The lowest BCUT2D eigenvalue weighted by atomic mass is 9.62. The molecule has 2 atom stereocenters. The lowest BCUT2D eigenvalue weighted by molar-refractivity contribution is 0.0726. The Hall–Kier alpha value is -0.740. The molecule has 2 aliphatic rings. The zero-order valence-electron chi connectivity index (χ0n) is 15.3. The van der Waals surface area contributed by atoms with Crippen LogP contribution in [0.15, 0.2) is 16.6 Å². The summed E-state index contributed by atoms with van der Waals surface area (Å²) in [7, 11) is 3.40. The third-order valence-corrected chi connectivity index (χ3v) is 6.50. The van der Waals surface area contributed by atoms with Crippen molar-refractivity contribution in [2.75, 3.05) is 14.2 Å². The molecule has 0 amide bonds. The molecule has 0 aliphatic heterocycles. The molecule has 0 saturated heterocycles. The Bertz CT molecular complexity index is 571. The minimum absolute atomic E-state index is 0.241. The number of halogens is 1. The number of methoxy groups -OCH3 is 2. The average Bonchev–Trinajstić information content (AvgIpc) is 2.51. The van der Waals surface area contributed by atoms with E-state index in [1.54, 1.807) is 14.2 Å². The zero-order chi connectivity index (χ0) is 17.3. The van der Waals surface area contributed by atoms with Gasteiger partial charge in [0, 0.05) is 23.7 Å². The predicted molar refractivity (Wildman–Crippen MR) is 102 cm³/mol. The molecule has 134 valence electrons. The molecule has 3 nitrogen and oxygen atoms in total. The van der Waals surface area contributed by atoms with Gasteiger partial charge in [-0.05, 0) is 78.8 Å². The molecule has 2 bridgehead atoms. The number of nitrogens with one attached hydrogen (secondary N) is 1. The van der Waals surface area contributed by atoms with Crippen molar-refractivity contribution in [3.63, 3.8) is 0 Å². The first-order valence-electron chi connectivity index (χ1n) is 9.08. The van der Waals surface area contributed by atoms with Crippen molar-refractivity contribution in [2.24, 2.45) is 17.8 Å². The molecule has 2 saturated carbocycles. The van der Waals surface area contributed by atoms with Gasteiger partial charge in [0.2, 0.25) is 0 Å². The van der Waals surface area contributed by atoms with Gasteiger partial charge in [-0.2, -0.15) is 0 Å². The van der Waals surface area contributed by atoms with Crippen LogP contribution < -0.4 is 14.8 Å². The molecule has 3 rings (SSSR count). The maximum atomic E-state index is 5.56. The van der Waals surface area contributed by atoms with Gasteiger partial charge in [-0.3, -0.25) is 0 Å². The second-order valence-corrected chi connectivity index (χ2v) is 9.02. The number of rotatable bonds is 5. The highest BCUT2D eigenvalue weighted by Crippen LogP contribution is 2.46. The fourth-order valence-corrected chi connectivity index (χ4v) is 5.66. The van der Waals surface area contributed by atoms with Gasteiger partial charge in [0.25, 0.3) is 0 Å². The summed E-state index contributed by atoms with van der Waals surface area (Å²) in [6.45, 7) is 5.67. The molecule has 4 heteroatoms. The maximum Gasteiger partial charge on any atom is 0.136 e. The Kier molecular flexibility index (Phi) is 5.45. The summed E-state index contributed by atoms with van der Waals surface area (Å²) in [4.78, 5) is 0. The van der Waals surface area contributed by atoms with E-state index in [1.165, 1.54) is 37.7 Å². The van der Waals surface area contributed by atoms with Crippen molar-refractivity contribution < 1.29 is 9.47 Å². The summed E-state index contributed by atoms with van der Waals surface area (Å²) >= 11 is 3.59. The van der Waals surface area contributed by atoms with Crippen LogP contribution in [0.2, 0.25) is 0 Å². The van der Waals surface area contributed by atoms with Crippen LogP contribution in [0.25, 0.3) is 0 Å². The van der Waals surface area contributed by atoms with Gasteiger partial charge in [-0.1, -0.05) is 6.92 Å². The molecule has 0 radical (unpaired) electrons. The molecule has 1 aromatic carbocycles. The molecule has 1 aromatic rings. The van der Waals surface area contributed by atoms with Gasteiger partial charge in [-0.15, -0.1) is 0 Å². The van der Waals surface area contributed by atoms with E-state index >= 15 is 0 Å². The van der Waals surface area contributed by atoms with E-state index in [1.807, 2.05) is 6.07 Å². The summed E-state index contributed by atoms with van der Waals surface area (Å²) in [5.74, 6) is 4.40. The van der Waals surface area contributed by atoms with Crippen LogP contribution >= 0.6 is 15.9 Å². The molecular formula is C20H30BrNO2. The molecule has 2 aliphatic carbocycles. The average molecular weight is 396 g/mol. The van der Waals surface area contributed by atoms with Crippen LogP contribution in [0.1, 0.15) is 51.5 Å². The van der Waals surface area contributed by atoms with E-state index in [-0.39, 0.29) is 5.54 Å². The van der Waals surface area contributed by atoms with Crippen molar-refractivity contribution in [1.29, 1.82) is 0 Å². The highest BCUT2D eigenvalue weighted by molar-refractivity contribution is 9.10. The van der Waals surface area contributed by atoms with Crippen LogP contribution in [0.3, 0.4) is 0 Å². The minimum Gasteiger partial charge on any atom is -0.496 e. The van der Waals surface area contributed by atoms with Crippen molar-refractivity contribution in [2.45, 2.75) is 58.0 Å². The number of hydrogen-bond acceptors (Lipinski definition) is 3. The number of hydrogen-bond donors (Lipinski definition) is 1. The van der Waals surface area contributed by atoms with Gasteiger partial charge in [0.1, 0.15) is 11.5 Å². The highest BCUT2D eigenvalue weighted by atomic mass is 79.9. The van der Waals surface area contributed by atoms with E-state index in [4.69, 9.17) is 9.47 Å². The second kappa shape index (κ2) is 7.25. The van der Waals surface area contributed by atoms with Gasteiger partial charge in [0.15, 0.2) is 0 Å². The molecule has 1 N–H and O–H groups in total. The summed E-state index contributed by atoms with van der Waals surface area (Å²) < 4.78 is 11.9. The van der Waals surface area contributed by atoms with Crippen LogP contribution in [-0.4, -0.2) is 19.8 Å². The second-order valence-electron chi connectivity index (χ2n) is 8.17. The van der Waals surface area contributed by atoms with Crippen LogP contribution in [0.5, 0.6) is 11.5 Å². The molecule has 0 aromatic heterocycles. The lowest BCUT2D eigenvalue weighted by Crippen LogP contribution is -2.50. The molecule has 24 heavy (non-hydrogen) atoms. The summed E-state index contributed by atoms with van der Waals surface area (Å²) in [5, 5.41) is 3.86. The van der Waals surface area contributed by atoms with E-state index in [2.05, 4.69) is 41.2 Å². The zero-order valence-corrected chi connectivity index (χ0v) is 16.9. The quantitative estimate of drug-likeness (QED) is 0.746. The third kappa shape index (κ3) is 3.91. The Morgan fingerprint density at radius 1 is 1.08 bits per heavy atom. The minimum atomic E-state index is 0.241. The van der Waals surface area contributed by atoms with E-state index in [0.717, 1.165) is 40.3 Å². The smallest absolute Gasteiger partial charge is 0.136 e. The van der Waals surface area contributed by atoms with E-state index in [0.29, 0.717) is 0 Å². The number of fused-ring (bicyclic) bond motifs is 2. The SMILES string of the molecule is COc1cc(OC)c(CNC2(C)CC3CC(C)CC(C3)C2)cc1Br. The molecule has 0 heterocycles. The first-order chi connectivity index (χ1) is 11.4. The van der Waals surface area contributed by atoms with Gasteiger partial charge in [-0.25, -0.2) is 0 Å². The highest BCUT2D eigenvalue weighted by Gasteiger charge is 2.40. The van der Waals surface area contributed by atoms with Gasteiger partial charge < -0.3 is 14.8 Å². The van der Waals surface area contributed by atoms with Crippen molar-refractivity contribution in [3.8, 4) is 11.5 Å². The fourth-order valence-electron chi connectivity index (χ4n) is 5.10. The largest absolute Gasteiger partial charge is 0.496 e. The Morgan fingerprint density at radius 3 is 2.29 bits per heavy atom. The standard InChI is InChI=1S/C20H30BrNO2/c1-13-5-14-7-15(6-13)11-20(2,10-14)22-12-16-8-17(21)19(24-4)9-18(16)23-3/h8-9,13-15,22H,5-7,10-12H2,1-4H3. The van der Waals surface area contributed by atoms with Crippen LogP contribution in [0.4, 0.5) is 0 Å². The first kappa shape index (κ1) is 18.1. The summed E-state index contributed by atoms with van der Waals surface area (Å²) in [6.07, 6.45) is 6.86. The van der Waals surface area contributed by atoms with Crippen molar-refractivity contribution in [3.05, 3.63) is 22.2 Å². The molecule has 0 spiro atoms. The van der Waals surface area contributed by atoms with Crippen molar-refractivity contribution >= 4 is 15.9 Å². The molecular weight excluding hydrogens is 366 g/mol.